The third-order valence-corrected chi connectivity index (χ3v) is 5.30. The normalized spacial score (nSPS) is 19.8. The van der Waals surface area contributed by atoms with Crippen molar-refractivity contribution in [2.24, 2.45) is 5.73 Å². The van der Waals surface area contributed by atoms with Crippen molar-refractivity contribution >= 4 is 39.7 Å². The number of nitrogens with zero attached hydrogens (tertiary/aromatic N) is 2. The molecule has 10 heteroatoms. The highest BCUT2D eigenvalue weighted by Crippen LogP contribution is 2.30. The van der Waals surface area contributed by atoms with E-state index in [0.717, 1.165) is 18.6 Å². The molecule has 1 aliphatic rings. The van der Waals surface area contributed by atoms with E-state index >= 15 is 0 Å². The number of nitrogens with two attached hydrogens (primary N) is 1. The molecule has 0 spiro atoms. The van der Waals surface area contributed by atoms with Crippen molar-refractivity contribution in [3.63, 3.8) is 0 Å². The summed E-state index contributed by atoms with van der Waals surface area (Å²) in [6.07, 6.45) is 1.39. The number of nitro groups is 1. The summed E-state index contributed by atoms with van der Waals surface area (Å²) in [6.45, 7) is 0.484. The standard InChI is InChI=1S/C11H14ClN3O4S.ClH/c12-8-3-4-11(10(6-8)15(16)17)20(18,19)14-5-1-2-9(13)7-14;/h3-4,6,9H,1-2,5,7,13H2;1H/t9-;/m1./s1. The third-order valence-electron chi connectivity index (χ3n) is 3.16. The van der Waals surface area contributed by atoms with E-state index in [1.165, 1.54) is 10.4 Å². The number of rotatable bonds is 3. The monoisotopic (exact) mass is 355 g/mol. The number of piperidine rings is 1. The Labute approximate surface area is 133 Å². The fraction of sp³-hybridized carbons (Fsp3) is 0.455. The maximum atomic E-state index is 12.5. The van der Waals surface area contributed by atoms with Gasteiger partial charge in [0.2, 0.25) is 10.0 Å². The molecular weight excluding hydrogens is 341 g/mol. The molecule has 1 aliphatic heterocycles. The van der Waals surface area contributed by atoms with Crippen LogP contribution in [0.5, 0.6) is 0 Å². The second-order valence-corrected chi connectivity index (χ2v) is 6.98. The van der Waals surface area contributed by atoms with Gasteiger partial charge in [-0.05, 0) is 25.0 Å². The fourth-order valence-corrected chi connectivity index (χ4v) is 4.02. The smallest absolute Gasteiger partial charge is 0.290 e. The molecule has 0 bridgehead atoms. The van der Waals surface area contributed by atoms with Crippen molar-refractivity contribution in [2.75, 3.05) is 13.1 Å². The van der Waals surface area contributed by atoms with Gasteiger partial charge in [0, 0.05) is 30.2 Å². The molecule has 0 amide bonds. The zero-order valence-corrected chi connectivity index (χ0v) is 13.3. The number of benzene rings is 1. The number of hydrogen-bond donors (Lipinski definition) is 1. The van der Waals surface area contributed by atoms with Crippen LogP contribution in [-0.2, 0) is 10.0 Å². The summed E-state index contributed by atoms with van der Waals surface area (Å²) < 4.78 is 26.2. The highest BCUT2D eigenvalue weighted by Gasteiger charge is 2.34. The SMILES string of the molecule is Cl.N[C@@H]1CCCN(S(=O)(=O)c2ccc(Cl)cc2[N+](=O)[O-])C1. The fourth-order valence-electron chi connectivity index (χ4n) is 2.18. The summed E-state index contributed by atoms with van der Waals surface area (Å²) in [5.74, 6) is 0. The number of sulfonamides is 1. The van der Waals surface area contributed by atoms with Crippen LogP contribution in [0.4, 0.5) is 5.69 Å². The molecule has 1 atom stereocenters. The first kappa shape index (κ1) is 18.1. The van der Waals surface area contributed by atoms with Gasteiger partial charge in [0.1, 0.15) is 0 Å². The summed E-state index contributed by atoms with van der Waals surface area (Å²) >= 11 is 5.69. The molecule has 0 aliphatic carbocycles. The highest BCUT2D eigenvalue weighted by atomic mass is 35.5. The van der Waals surface area contributed by atoms with Gasteiger partial charge in [-0.3, -0.25) is 10.1 Å². The van der Waals surface area contributed by atoms with Gasteiger partial charge in [-0.15, -0.1) is 12.4 Å². The molecule has 118 valence electrons. The van der Waals surface area contributed by atoms with Gasteiger partial charge < -0.3 is 5.73 Å². The van der Waals surface area contributed by atoms with Crippen LogP contribution in [0.2, 0.25) is 5.02 Å². The van der Waals surface area contributed by atoms with E-state index in [9.17, 15) is 18.5 Å². The minimum atomic E-state index is -3.93. The van der Waals surface area contributed by atoms with Gasteiger partial charge in [-0.2, -0.15) is 4.31 Å². The molecule has 21 heavy (non-hydrogen) atoms. The Morgan fingerprint density at radius 2 is 2.10 bits per heavy atom. The first-order chi connectivity index (χ1) is 9.32. The first-order valence-electron chi connectivity index (χ1n) is 6.02. The lowest BCUT2D eigenvalue weighted by atomic mass is 10.1. The third kappa shape index (κ3) is 3.83. The van der Waals surface area contributed by atoms with E-state index in [4.69, 9.17) is 17.3 Å². The summed E-state index contributed by atoms with van der Waals surface area (Å²) in [6, 6.07) is 3.28. The molecule has 1 saturated heterocycles. The van der Waals surface area contributed by atoms with Crippen LogP contribution in [-0.4, -0.2) is 36.8 Å². The quantitative estimate of drug-likeness (QED) is 0.656. The van der Waals surface area contributed by atoms with Gasteiger partial charge in [-0.1, -0.05) is 11.6 Å². The molecule has 1 heterocycles. The molecule has 1 fully saturated rings. The maximum absolute atomic E-state index is 12.5. The van der Waals surface area contributed by atoms with Crippen LogP contribution in [0, 0.1) is 10.1 Å². The van der Waals surface area contributed by atoms with Crippen molar-refractivity contribution in [1.82, 2.24) is 4.31 Å². The molecule has 0 radical (unpaired) electrons. The van der Waals surface area contributed by atoms with Gasteiger partial charge in [0.15, 0.2) is 4.90 Å². The lowest BCUT2D eigenvalue weighted by Crippen LogP contribution is -2.45. The predicted octanol–water partition coefficient (Wildman–Crippen LogP) is 1.78. The van der Waals surface area contributed by atoms with E-state index in [2.05, 4.69) is 0 Å². The van der Waals surface area contributed by atoms with E-state index in [0.29, 0.717) is 13.0 Å². The Morgan fingerprint density at radius 3 is 2.67 bits per heavy atom. The summed E-state index contributed by atoms with van der Waals surface area (Å²) in [4.78, 5) is 9.91. The predicted molar refractivity (Wildman–Crippen MR) is 81.3 cm³/mol. The van der Waals surface area contributed by atoms with Gasteiger partial charge >= 0.3 is 0 Å². The van der Waals surface area contributed by atoms with Crippen LogP contribution in [0.25, 0.3) is 0 Å². The van der Waals surface area contributed by atoms with Crippen molar-refractivity contribution in [3.8, 4) is 0 Å². The Kier molecular flexibility index (Phi) is 5.94. The van der Waals surface area contributed by atoms with Gasteiger partial charge in [0.25, 0.3) is 5.69 Å². The summed E-state index contributed by atoms with van der Waals surface area (Å²) in [5.41, 5.74) is 5.24. The largest absolute Gasteiger partial charge is 0.327 e. The van der Waals surface area contributed by atoms with Gasteiger partial charge in [-0.25, -0.2) is 8.42 Å². The highest BCUT2D eigenvalue weighted by molar-refractivity contribution is 7.89. The summed E-state index contributed by atoms with van der Waals surface area (Å²) in [5, 5.41) is 11.1. The second-order valence-electron chi connectivity index (χ2n) is 4.63. The molecule has 0 aromatic heterocycles. The van der Waals surface area contributed by atoms with Crippen LogP contribution in [0.15, 0.2) is 23.1 Å². The topological polar surface area (TPSA) is 107 Å². The Morgan fingerprint density at radius 1 is 1.43 bits per heavy atom. The minimum Gasteiger partial charge on any atom is -0.327 e. The van der Waals surface area contributed by atoms with Gasteiger partial charge in [0.05, 0.1) is 4.92 Å². The van der Waals surface area contributed by atoms with Crippen LogP contribution in [0.1, 0.15) is 12.8 Å². The van der Waals surface area contributed by atoms with E-state index < -0.39 is 20.6 Å². The lowest BCUT2D eigenvalue weighted by Gasteiger charge is -2.29. The number of nitro benzene ring substituents is 1. The molecule has 2 N–H and O–H groups in total. The average molecular weight is 356 g/mol. The van der Waals surface area contributed by atoms with Crippen molar-refractivity contribution in [1.29, 1.82) is 0 Å². The Bertz CT molecular complexity index is 638. The molecular formula is C11H15Cl2N3O4S. The average Bonchev–Trinajstić information content (AvgIpc) is 2.38. The molecule has 7 nitrogen and oxygen atoms in total. The zero-order valence-electron chi connectivity index (χ0n) is 10.9. The van der Waals surface area contributed by atoms with Crippen molar-refractivity contribution < 1.29 is 13.3 Å². The van der Waals surface area contributed by atoms with Crippen molar-refractivity contribution in [2.45, 2.75) is 23.8 Å². The molecule has 0 unspecified atom stereocenters. The Balaban J connectivity index is 0.00000220. The molecule has 2 rings (SSSR count). The Hall–Kier alpha value is -0.930. The van der Waals surface area contributed by atoms with Crippen LogP contribution in [0.3, 0.4) is 0 Å². The van der Waals surface area contributed by atoms with E-state index in [1.807, 2.05) is 0 Å². The lowest BCUT2D eigenvalue weighted by molar-refractivity contribution is -0.387. The molecule has 1 aromatic rings. The minimum absolute atomic E-state index is 0. The zero-order chi connectivity index (χ0) is 14.9. The van der Waals surface area contributed by atoms with Crippen LogP contribution >= 0.6 is 24.0 Å². The van der Waals surface area contributed by atoms with Crippen LogP contribution < -0.4 is 5.73 Å². The first-order valence-corrected chi connectivity index (χ1v) is 7.84. The number of halogens is 2. The maximum Gasteiger partial charge on any atom is 0.290 e. The second kappa shape index (κ2) is 6.89. The molecule has 0 saturated carbocycles. The summed E-state index contributed by atoms with van der Waals surface area (Å²) in [7, 11) is -3.93. The molecule has 1 aromatic carbocycles. The van der Waals surface area contributed by atoms with E-state index in [-0.39, 0.29) is 34.9 Å². The number of hydrogen-bond acceptors (Lipinski definition) is 5. The van der Waals surface area contributed by atoms with E-state index in [1.54, 1.807) is 0 Å². The van der Waals surface area contributed by atoms with Crippen molar-refractivity contribution in [3.05, 3.63) is 33.3 Å².